The molecule has 2 saturated carbocycles. The predicted molar refractivity (Wildman–Crippen MR) is 49.0 cm³/mol. The Morgan fingerprint density at radius 1 is 1.54 bits per heavy atom. The fraction of sp³-hybridized carbons (Fsp3) is 0.900. The van der Waals surface area contributed by atoms with Gasteiger partial charge < -0.3 is 10.5 Å². The van der Waals surface area contributed by atoms with E-state index >= 15 is 0 Å². The topological polar surface area (TPSA) is 52.3 Å². The molecule has 13 heavy (non-hydrogen) atoms. The van der Waals surface area contributed by atoms with E-state index in [2.05, 4.69) is 4.74 Å². The Hall–Kier alpha value is -0.570. The third kappa shape index (κ3) is 1.35. The van der Waals surface area contributed by atoms with E-state index in [1.807, 2.05) is 0 Å². The summed E-state index contributed by atoms with van der Waals surface area (Å²) in [6.45, 7) is 0. The van der Waals surface area contributed by atoms with Gasteiger partial charge in [0, 0.05) is 0 Å². The second kappa shape index (κ2) is 2.98. The maximum absolute atomic E-state index is 11.1. The fourth-order valence-corrected chi connectivity index (χ4v) is 2.72. The standard InChI is InChI=1S/C10H17NO2/c1-13-9(12)8(11)7-5-10(6-7)3-2-4-10/h7-8H,2-6,11H2,1H3. The van der Waals surface area contributed by atoms with Gasteiger partial charge >= 0.3 is 5.97 Å². The van der Waals surface area contributed by atoms with Crippen LogP contribution in [0.3, 0.4) is 0 Å². The Morgan fingerprint density at radius 3 is 2.54 bits per heavy atom. The average molecular weight is 183 g/mol. The molecule has 0 heterocycles. The SMILES string of the molecule is COC(=O)C(N)C1CC2(CCC2)C1. The molecule has 0 saturated heterocycles. The zero-order chi connectivity index (χ0) is 9.47. The molecule has 1 spiro atoms. The Morgan fingerprint density at radius 2 is 2.15 bits per heavy atom. The van der Waals surface area contributed by atoms with Gasteiger partial charge in [0.15, 0.2) is 0 Å². The highest BCUT2D eigenvalue weighted by Gasteiger charge is 2.51. The molecule has 0 amide bonds. The van der Waals surface area contributed by atoms with Crippen LogP contribution >= 0.6 is 0 Å². The molecule has 3 heteroatoms. The average Bonchev–Trinajstić information content (AvgIpc) is 1.97. The summed E-state index contributed by atoms with van der Waals surface area (Å²) < 4.78 is 4.62. The minimum absolute atomic E-state index is 0.251. The molecule has 1 unspecified atom stereocenters. The largest absolute Gasteiger partial charge is 0.468 e. The van der Waals surface area contributed by atoms with Gasteiger partial charge in [-0.2, -0.15) is 0 Å². The molecular formula is C10H17NO2. The number of carbonyl (C=O) groups excluding carboxylic acids is 1. The van der Waals surface area contributed by atoms with Crippen molar-refractivity contribution in [3.05, 3.63) is 0 Å². The summed E-state index contributed by atoms with van der Waals surface area (Å²) in [5.74, 6) is 0.131. The molecule has 74 valence electrons. The molecule has 2 aliphatic carbocycles. The zero-order valence-corrected chi connectivity index (χ0v) is 8.08. The number of hydrogen-bond acceptors (Lipinski definition) is 3. The van der Waals surface area contributed by atoms with Crippen LogP contribution < -0.4 is 5.73 Å². The summed E-state index contributed by atoms with van der Waals surface area (Å²) in [6, 6.07) is -0.378. The van der Waals surface area contributed by atoms with Crippen molar-refractivity contribution in [2.75, 3.05) is 7.11 Å². The highest BCUT2D eigenvalue weighted by atomic mass is 16.5. The molecule has 0 aromatic heterocycles. The molecule has 1 atom stereocenters. The van der Waals surface area contributed by atoms with E-state index in [1.54, 1.807) is 0 Å². The van der Waals surface area contributed by atoms with Gasteiger partial charge in [-0.05, 0) is 37.0 Å². The van der Waals surface area contributed by atoms with Crippen molar-refractivity contribution in [1.82, 2.24) is 0 Å². The molecule has 2 aliphatic rings. The van der Waals surface area contributed by atoms with Crippen molar-refractivity contribution < 1.29 is 9.53 Å². The van der Waals surface area contributed by atoms with Crippen molar-refractivity contribution in [2.45, 2.75) is 38.1 Å². The van der Waals surface area contributed by atoms with Gasteiger partial charge in [0.25, 0.3) is 0 Å². The van der Waals surface area contributed by atoms with E-state index in [-0.39, 0.29) is 12.0 Å². The number of hydrogen-bond donors (Lipinski definition) is 1. The number of ether oxygens (including phenoxy) is 1. The molecule has 0 aliphatic heterocycles. The Bertz CT molecular complexity index is 215. The number of carbonyl (C=O) groups is 1. The molecule has 0 bridgehead atoms. The van der Waals surface area contributed by atoms with Gasteiger partial charge in [-0.3, -0.25) is 4.79 Å². The monoisotopic (exact) mass is 183 g/mol. The highest BCUT2D eigenvalue weighted by molar-refractivity contribution is 5.75. The number of rotatable bonds is 2. The van der Waals surface area contributed by atoms with Crippen molar-refractivity contribution >= 4 is 5.97 Å². The van der Waals surface area contributed by atoms with E-state index in [1.165, 1.54) is 26.4 Å². The van der Waals surface area contributed by atoms with E-state index in [0.29, 0.717) is 11.3 Å². The summed E-state index contributed by atoms with van der Waals surface area (Å²) in [6.07, 6.45) is 6.33. The highest BCUT2D eigenvalue weighted by Crippen LogP contribution is 2.59. The van der Waals surface area contributed by atoms with Crippen LogP contribution in [0.15, 0.2) is 0 Å². The Kier molecular flexibility index (Phi) is 2.06. The molecular weight excluding hydrogens is 166 g/mol. The lowest BCUT2D eigenvalue weighted by atomic mass is 9.50. The van der Waals surface area contributed by atoms with Crippen LogP contribution in [-0.2, 0) is 9.53 Å². The number of methoxy groups -OCH3 is 1. The summed E-state index contributed by atoms with van der Waals surface area (Å²) in [7, 11) is 1.40. The van der Waals surface area contributed by atoms with Crippen LogP contribution in [0.4, 0.5) is 0 Å². The van der Waals surface area contributed by atoms with Crippen molar-refractivity contribution in [2.24, 2.45) is 17.1 Å². The first-order valence-corrected chi connectivity index (χ1v) is 5.00. The second-order valence-corrected chi connectivity index (χ2v) is 4.57. The number of nitrogens with two attached hydrogens (primary N) is 1. The summed E-state index contributed by atoms with van der Waals surface area (Å²) in [5.41, 5.74) is 6.35. The lowest BCUT2D eigenvalue weighted by Crippen LogP contribution is -2.52. The van der Waals surface area contributed by atoms with E-state index in [4.69, 9.17) is 5.73 Å². The molecule has 2 N–H and O–H groups in total. The van der Waals surface area contributed by atoms with E-state index < -0.39 is 0 Å². The van der Waals surface area contributed by atoms with Crippen molar-refractivity contribution in [1.29, 1.82) is 0 Å². The minimum atomic E-state index is -0.378. The Balaban J connectivity index is 1.82. The lowest BCUT2D eigenvalue weighted by Gasteiger charge is -2.55. The zero-order valence-electron chi connectivity index (χ0n) is 8.08. The van der Waals surface area contributed by atoms with Crippen LogP contribution in [0.5, 0.6) is 0 Å². The quantitative estimate of drug-likeness (QED) is 0.651. The van der Waals surface area contributed by atoms with Crippen molar-refractivity contribution in [3.63, 3.8) is 0 Å². The smallest absolute Gasteiger partial charge is 0.322 e. The van der Waals surface area contributed by atoms with Gasteiger partial charge in [0.2, 0.25) is 0 Å². The lowest BCUT2D eigenvalue weighted by molar-refractivity contribution is -0.147. The third-order valence-electron chi connectivity index (χ3n) is 3.79. The summed E-state index contributed by atoms with van der Waals surface area (Å²) in [5, 5.41) is 0. The van der Waals surface area contributed by atoms with Crippen LogP contribution in [0.25, 0.3) is 0 Å². The van der Waals surface area contributed by atoms with Gasteiger partial charge in [-0.25, -0.2) is 0 Å². The van der Waals surface area contributed by atoms with E-state index in [9.17, 15) is 4.79 Å². The molecule has 2 fully saturated rings. The summed E-state index contributed by atoms with van der Waals surface area (Å²) in [4.78, 5) is 11.1. The molecule has 0 radical (unpaired) electrons. The minimum Gasteiger partial charge on any atom is -0.468 e. The number of esters is 1. The first kappa shape index (κ1) is 9.00. The maximum Gasteiger partial charge on any atom is 0.322 e. The maximum atomic E-state index is 11.1. The third-order valence-corrected chi connectivity index (χ3v) is 3.79. The van der Waals surface area contributed by atoms with Crippen LogP contribution in [0.1, 0.15) is 32.1 Å². The molecule has 2 rings (SSSR count). The predicted octanol–water partition coefficient (Wildman–Crippen LogP) is 1.07. The van der Waals surface area contributed by atoms with E-state index in [0.717, 1.165) is 12.8 Å². The second-order valence-electron chi connectivity index (χ2n) is 4.57. The first-order valence-electron chi connectivity index (χ1n) is 5.00. The van der Waals surface area contributed by atoms with Crippen molar-refractivity contribution in [3.8, 4) is 0 Å². The van der Waals surface area contributed by atoms with Gasteiger partial charge in [0.1, 0.15) is 6.04 Å². The molecule has 3 nitrogen and oxygen atoms in total. The van der Waals surface area contributed by atoms with Gasteiger partial charge in [0.05, 0.1) is 7.11 Å². The van der Waals surface area contributed by atoms with Crippen LogP contribution in [0, 0.1) is 11.3 Å². The van der Waals surface area contributed by atoms with Crippen LogP contribution in [-0.4, -0.2) is 19.1 Å². The molecule has 0 aromatic rings. The Labute approximate surface area is 78.6 Å². The normalized spacial score (nSPS) is 27.5. The van der Waals surface area contributed by atoms with Gasteiger partial charge in [-0.15, -0.1) is 0 Å². The van der Waals surface area contributed by atoms with Crippen LogP contribution in [0.2, 0.25) is 0 Å². The summed E-state index contributed by atoms with van der Waals surface area (Å²) >= 11 is 0. The fourth-order valence-electron chi connectivity index (χ4n) is 2.72. The molecule has 0 aromatic carbocycles. The first-order chi connectivity index (χ1) is 6.17. The van der Waals surface area contributed by atoms with Gasteiger partial charge in [-0.1, -0.05) is 6.42 Å².